The fourth-order valence-corrected chi connectivity index (χ4v) is 1.21. The van der Waals surface area contributed by atoms with Crippen LogP contribution in [0.15, 0.2) is 24.3 Å². The lowest BCUT2D eigenvalue weighted by molar-refractivity contribution is 0.633. The number of nitrogens with one attached hydrogen (secondary N) is 1. The van der Waals surface area contributed by atoms with Crippen LogP contribution in [0, 0.1) is 0 Å². The SMILES string of the molecule is CC.NCc1ccc(CNS(=O)F)cc1. The monoisotopic (exact) mass is 232 g/mol. The molecule has 0 aliphatic carbocycles. The second-order valence-corrected chi connectivity index (χ2v) is 3.30. The van der Waals surface area contributed by atoms with E-state index in [0.29, 0.717) is 6.54 Å². The van der Waals surface area contributed by atoms with Crippen LogP contribution in [0.2, 0.25) is 0 Å². The van der Waals surface area contributed by atoms with Gasteiger partial charge in [-0.3, -0.25) is 0 Å². The Balaban J connectivity index is 0.000000921. The van der Waals surface area contributed by atoms with Gasteiger partial charge in [0.1, 0.15) is 0 Å². The molecule has 0 heterocycles. The fraction of sp³-hybridized carbons (Fsp3) is 0.400. The van der Waals surface area contributed by atoms with E-state index >= 15 is 0 Å². The average molecular weight is 232 g/mol. The van der Waals surface area contributed by atoms with Gasteiger partial charge in [-0.15, -0.1) is 3.89 Å². The van der Waals surface area contributed by atoms with Gasteiger partial charge in [0, 0.05) is 13.1 Å². The van der Waals surface area contributed by atoms with Crippen molar-refractivity contribution >= 4 is 11.4 Å². The molecule has 1 unspecified atom stereocenters. The second-order valence-electron chi connectivity index (χ2n) is 2.57. The first-order chi connectivity index (χ1) is 7.22. The van der Waals surface area contributed by atoms with Crippen molar-refractivity contribution in [2.24, 2.45) is 5.73 Å². The second kappa shape index (κ2) is 8.52. The lowest BCUT2D eigenvalue weighted by atomic mass is 10.1. The fourth-order valence-electron chi connectivity index (χ4n) is 0.933. The highest BCUT2D eigenvalue weighted by molar-refractivity contribution is 7.77. The molecule has 0 radical (unpaired) electrons. The molecule has 3 nitrogen and oxygen atoms in total. The molecule has 0 aliphatic rings. The number of halogens is 1. The van der Waals surface area contributed by atoms with E-state index in [1.807, 2.05) is 38.1 Å². The van der Waals surface area contributed by atoms with Crippen LogP contribution in [0.1, 0.15) is 25.0 Å². The van der Waals surface area contributed by atoms with Crippen molar-refractivity contribution in [3.63, 3.8) is 0 Å². The molecule has 0 saturated carbocycles. The van der Waals surface area contributed by atoms with E-state index in [2.05, 4.69) is 4.72 Å². The average Bonchev–Trinajstić information content (AvgIpc) is 2.30. The maximum absolute atomic E-state index is 11.9. The van der Waals surface area contributed by atoms with Gasteiger partial charge in [0.15, 0.2) is 0 Å². The van der Waals surface area contributed by atoms with Crippen LogP contribution in [0.4, 0.5) is 3.89 Å². The molecule has 0 saturated heterocycles. The van der Waals surface area contributed by atoms with Crippen molar-refractivity contribution in [2.75, 3.05) is 0 Å². The first-order valence-electron chi connectivity index (χ1n) is 4.82. The molecule has 15 heavy (non-hydrogen) atoms. The van der Waals surface area contributed by atoms with Crippen molar-refractivity contribution in [3.8, 4) is 0 Å². The van der Waals surface area contributed by atoms with Crippen molar-refractivity contribution < 1.29 is 8.09 Å². The first-order valence-corrected chi connectivity index (χ1v) is 5.87. The smallest absolute Gasteiger partial charge is 0.275 e. The van der Waals surface area contributed by atoms with E-state index in [0.717, 1.165) is 11.1 Å². The van der Waals surface area contributed by atoms with E-state index < -0.39 is 11.4 Å². The quantitative estimate of drug-likeness (QED) is 0.778. The third-order valence-electron chi connectivity index (χ3n) is 1.65. The first kappa shape index (κ1) is 14.2. The van der Waals surface area contributed by atoms with Gasteiger partial charge >= 0.3 is 0 Å². The predicted molar refractivity (Wildman–Crippen MR) is 61.8 cm³/mol. The summed E-state index contributed by atoms with van der Waals surface area (Å²) in [5.74, 6) is 0. The highest BCUT2D eigenvalue weighted by atomic mass is 32.2. The molecule has 0 aliphatic heterocycles. The van der Waals surface area contributed by atoms with E-state index in [4.69, 9.17) is 5.73 Å². The molecule has 0 aromatic heterocycles. The Morgan fingerprint density at radius 1 is 1.27 bits per heavy atom. The summed E-state index contributed by atoms with van der Waals surface area (Å²) < 4.78 is 24.1. The third-order valence-corrected chi connectivity index (χ3v) is 2.02. The largest absolute Gasteiger partial charge is 0.326 e. The minimum absolute atomic E-state index is 0.258. The van der Waals surface area contributed by atoms with Gasteiger partial charge < -0.3 is 5.73 Å². The van der Waals surface area contributed by atoms with Crippen molar-refractivity contribution in [1.82, 2.24) is 4.72 Å². The molecule has 0 fully saturated rings. The van der Waals surface area contributed by atoms with Crippen LogP contribution in [-0.4, -0.2) is 4.21 Å². The minimum Gasteiger partial charge on any atom is -0.326 e. The third kappa shape index (κ3) is 6.33. The molecule has 1 rings (SSSR count). The molecule has 0 amide bonds. The van der Waals surface area contributed by atoms with Crippen LogP contribution in [-0.2, 0) is 24.5 Å². The van der Waals surface area contributed by atoms with E-state index in [-0.39, 0.29) is 6.54 Å². The topological polar surface area (TPSA) is 55.1 Å². The molecule has 0 spiro atoms. The molecule has 1 atom stereocenters. The number of hydrogen-bond acceptors (Lipinski definition) is 2. The van der Waals surface area contributed by atoms with E-state index in [9.17, 15) is 8.09 Å². The van der Waals surface area contributed by atoms with Crippen LogP contribution in [0.3, 0.4) is 0 Å². The van der Waals surface area contributed by atoms with Crippen LogP contribution < -0.4 is 10.5 Å². The zero-order valence-corrected chi connectivity index (χ0v) is 9.81. The van der Waals surface area contributed by atoms with Crippen molar-refractivity contribution in [2.45, 2.75) is 26.9 Å². The highest BCUT2D eigenvalue weighted by Crippen LogP contribution is 2.03. The summed E-state index contributed by atoms with van der Waals surface area (Å²) in [4.78, 5) is 0. The summed E-state index contributed by atoms with van der Waals surface area (Å²) >= 11 is -2.45. The molecule has 0 bridgehead atoms. The predicted octanol–water partition coefficient (Wildman–Crippen LogP) is 1.81. The molecule has 3 N–H and O–H groups in total. The van der Waals surface area contributed by atoms with E-state index in [1.54, 1.807) is 0 Å². The lowest BCUT2D eigenvalue weighted by Crippen LogP contribution is -2.12. The number of rotatable bonds is 4. The van der Waals surface area contributed by atoms with Gasteiger partial charge in [-0.25, -0.2) is 8.93 Å². The minimum atomic E-state index is -2.45. The normalized spacial score (nSPS) is 11.5. The Kier molecular flexibility index (Phi) is 8.08. The standard InChI is InChI=1S/C8H11FN2OS.C2H6/c9-13(12)11-6-8-3-1-7(5-10)2-4-8;1-2/h1-4,11H,5-6,10H2;1-2H3. The Bertz CT molecular complexity index is 290. The van der Waals surface area contributed by atoms with Crippen molar-refractivity contribution in [3.05, 3.63) is 35.4 Å². The highest BCUT2D eigenvalue weighted by Gasteiger charge is 1.96. The van der Waals surface area contributed by atoms with Gasteiger partial charge in [0.25, 0.3) is 11.4 Å². The van der Waals surface area contributed by atoms with Gasteiger partial charge in [-0.05, 0) is 11.1 Å². The summed E-state index contributed by atoms with van der Waals surface area (Å²) in [6, 6.07) is 7.36. The maximum atomic E-state index is 11.9. The van der Waals surface area contributed by atoms with Gasteiger partial charge in [0.2, 0.25) is 0 Å². The van der Waals surface area contributed by atoms with Gasteiger partial charge in [0.05, 0.1) is 0 Å². The maximum Gasteiger partial charge on any atom is 0.275 e. The Labute approximate surface area is 92.8 Å². The summed E-state index contributed by atoms with van der Waals surface area (Å²) in [6.07, 6.45) is 0. The van der Waals surface area contributed by atoms with E-state index in [1.165, 1.54) is 0 Å². The summed E-state index contributed by atoms with van der Waals surface area (Å²) in [5, 5.41) is 0. The summed E-state index contributed by atoms with van der Waals surface area (Å²) in [5.41, 5.74) is 7.29. The summed E-state index contributed by atoms with van der Waals surface area (Å²) in [6.45, 7) is 4.75. The number of nitrogens with two attached hydrogens (primary N) is 1. The number of hydrogen-bond donors (Lipinski definition) is 2. The van der Waals surface area contributed by atoms with Crippen LogP contribution in [0.25, 0.3) is 0 Å². The Morgan fingerprint density at radius 2 is 1.73 bits per heavy atom. The molecule has 1 aromatic carbocycles. The Hall–Kier alpha value is -0.780. The van der Waals surface area contributed by atoms with Crippen molar-refractivity contribution in [1.29, 1.82) is 0 Å². The molecule has 1 aromatic rings. The molecular weight excluding hydrogens is 215 g/mol. The zero-order valence-electron chi connectivity index (χ0n) is 9.00. The lowest BCUT2D eigenvalue weighted by Gasteiger charge is -2.00. The summed E-state index contributed by atoms with van der Waals surface area (Å²) in [7, 11) is 0. The van der Waals surface area contributed by atoms with Crippen LogP contribution >= 0.6 is 0 Å². The zero-order chi connectivity index (χ0) is 11.7. The van der Waals surface area contributed by atoms with Gasteiger partial charge in [-0.2, -0.15) is 0 Å². The van der Waals surface area contributed by atoms with Gasteiger partial charge in [-0.1, -0.05) is 38.1 Å². The molecule has 5 heteroatoms. The number of benzene rings is 1. The molecular formula is C10H17FN2OS. The Morgan fingerprint density at radius 3 is 2.13 bits per heavy atom. The molecule has 86 valence electrons. The van der Waals surface area contributed by atoms with Crippen LogP contribution in [0.5, 0.6) is 0 Å².